The van der Waals surface area contributed by atoms with E-state index in [2.05, 4.69) is 0 Å². The van der Waals surface area contributed by atoms with Crippen molar-refractivity contribution >= 4 is 18.2 Å². The largest absolute Gasteiger partial charge is 0.488 e. The van der Waals surface area contributed by atoms with Crippen LogP contribution in [0.2, 0.25) is 0 Å². The summed E-state index contributed by atoms with van der Waals surface area (Å²) in [7, 11) is 3.93. The van der Waals surface area contributed by atoms with E-state index in [1.807, 2.05) is 73.6 Å². The fourth-order valence-electron chi connectivity index (χ4n) is 2.02. The molecule has 118 valence electrons. The number of ketones is 1. The lowest BCUT2D eigenvalue weighted by atomic mass is 10.1. The molecular weight excluding hydrogens is 298 g/mol. The molecule has 2 rings (SSSR count). The second kappa shape index (κ2) is 9.23. The van der Waals surface area contributed by atoms with E-state index in [1.165, 1.54) is 0 Å². The molecule has 0 spiro atoms. The zero-order valence-electron chi connectivity index (χ0n) is 13.0. The molecule has 0 unspecified atom stereocenters. The lowest BCUT2D eigenvalue weighted by Crippen LogP contribution is -2.17. The summed E-state index contributed by atoms with van der Waals surface area (Å²) in [4.78, 5) is 14.3. The number of hydrogen-bond donors (Lipinski definition) is 0. The van der Waals surface area contributed by atoms with E-state index in [0.29, 0.717) is 24.3 Å². The molecule has 0 saturated heterocycles. The Morgan fingerprint density at radius 2 is 1.64 bits per heavy atom. The van der Waals surface area contributed by atoms with Crippen molar-refractivity contribution in [1.29, 1.82) is 0 Å². The number of hydrogen-bond acceptors (Lipinski definition) is 3. The quantitative estimate of drug-likeness (QED) is 0.727. The lowest BCUT2D eigenvalue weighted by Gasteiger charge is -2.12. The highest BCUT2D eigenvalue weighted by Gasteiger charge is 2.12. The average molecular weight is 320 g/mol. The van der Waals surface area contributed by atoms with Crippen molar-refractivity contribution in [3.05, 3.63) is 65.7 Å². The first kappa shape index (κ1) is 18.2. The highest BCUT2D eigenvalue weighted by molar-refractivity contribution is 5.98. The molecule has 2 aromatic carbocycles. The number of carbonyl (C=O) groups excluding carboxylic acids is 1. The van der Waals surface area contributed by atoms with Gasteiger partial charge in [-0.1, -0.05) is 42.5 Å². The van der Waals surface area contributed by atoms with Crippen LogP contribution < -0.4 is 4.74 Å². The topological polar surface area (TPSA) is 29.5 Å². The normalized spacial score (nSPS) is 10.1. The van der Waals surface area contributed by atoms with Crippen LogP contribution in [0.25, 0.3) is 0 Å². The Balaban J connectivity index is 0.00000242. The van der Waals surface area contributed by atoms with E-state index >= 15 is 0 Å². The molecule has 0 fully saturated rings. The zero-order chi connectivity index (χ0) is 15.1. The first-order valence-corrected chi connectivity index (χ1v) is 7.10. The number of para-hydroxylation sites is 1. The summed E-state index contributed by atoms with van der Waals surface area (Å²) >= 11 is 0. The highest BCUT2D eigenvalue weighted by atomic mass is 35.5. The van der Waals surface area contributed by atoms with E-state index in [9.17, 15) is 4.79 Å². The van der Waals surface area contributed by atoms with Gasteiger partial charge in [-0.15, -0.1) is 12.4 Å². The molecule has 0 aliphatic carbocycles. The molecule has 22 heavy (non-hydrogen) atoms. The number of carbonyl (C=O) groups is 1. The van der Waals surface area contributed by atoms with Crippen LogP contribution >= 0.6 is 12.4 Å². The Morgan fingerprint density at radius 3 is 2.32 bits per heavy atom. The Labute approximate surface area is 138 Å². The van der Waals surface area contributed by atoms with Crippen molar-refractivity contribution in [2.24, 2.45) is 0 Å². The maximum atomic E-state index is 12.3. The minimum atomic E-state index is 0. The second-order valence-electron chi connectivity index (χ2n) is 5.25. The van der Waals surface area contributed by atoms with Gasteiger partial charge in [0.15, 0.2) is 5.78 Å². The minimum absolute atomic E-state index is 0. The molecule has 0 radical (unpaired) electrons. The molecule has 0 bridgehead atoms. The molecule has 3 nitrogen and oxygen atoms in total. The molecule has 0 amide bonds. The van der Waals surface area contributed by atoms with Crippen molar-refractivity contribution in [2.45, 2.75) is 13.0 Å². The van der Waals surface area contributed by atoms with Crippen LogP contribution in [0.4, 0.5) is 0 Å². The Hall–Kier alpha value is -1.84. The van der Waals surface area contributed by atoms with Gasteiger partial charge in [0.05, 0.1) is 5.56 Å². The third kappa shape index (κ3) is 5.51. The summed E-state index contributed by atoms with van der Waals surface area (Å²) in [5, 5.41) is 0. The van der Waals surface area contributed by atoms with Crippen LogP contribution in [0.5, 0.6) is 5.75 Å². The third-order valence-corrected chi connectivity index (χ3v) is 3.21. The van der Waals surface area contributed by atoms with Gasteiger partial charge in [-0.25, -0.2) is 0 Å². The van der Waals surface area contributed by atoms with Crippen LogP contribution in [0.15, 0.2) is 54.6 Å². The van der Waals surface area contributed by atoms with Crippen molar-refractivity contribution < 1.29 is 9.53 Å². The molecule has 0 heterocycles. The van der Waals surface area contributed by atoms with Gasteiger partial charge >= 0.3 is 0 Å². The number of ether oxygens (including phenoxy) is 1. The monoisotopic (exact) mass is 319 g/mol. The standard InChI is InChI=1S/C18H21NO2.ClH/c1-19(2)13-12-17(20)16-10-6-7-11-18(16)21-14-15-8-4-3-5-9-15;/h3-11H,12-14H2,1-2H3;1H. The Morgan fingerprint density at radius 1 is 1.00 bits per heavy atom. The second-order valence-corrected chi connectivity index (χ2v) is 5.25. The predicted octanol–water partition coefficient (Wildman–Crippen LogP) is 3.82. The molecule has 0 saturated carbocycles. The number of halogens is 1. The summed E-state index contributed by atoms with van der Waals surface area (Å²) < 4.78 is 5.82. The fourth-order valence-corrected chi connectivity index (χ4v) is 2.02. The van der Waals surface area contributed by atoms with Crippen LogP contribution in [-0.2, 0) is 6.61 Å². The average Bonchev–Trinajstić information content (AvgIpc) is 2.52. The smallest absolute Gasteiger partial charge is 0.167 e. The first-order chi connectivity index (χ1) is 10.2. The van der Waals surface area contributed by atoms with Gasteiger partial charge in [0.25, 0.3) is 0 Å². The summed E-state index contributed by atoms with van der Waals surface area (Å²) in [5.74, 6) is 0.775. The molecular formula is C18H22ClNO2. The van der Waals surface area contributed by atoms with Gasteiger partial charge in [0.1, 0.15) is 12.4 Å². The first-order valence-electron chi connectivity index (χ1n) is 7.10. The lowest BCUT2D eigenvalue weighted by molar-refractivity contribution is 0.0968. The zero-order valence-corrected chi connectivity index (χ0v) is 13.8. The van der Waals surface area contributed by atoms with E-state index < -0.39 is 0 Å². The van der Waals surface area contributed by atoms with Crippen molar-refractivity contribution in [2.75, 3.05) is 20.6 Å². The van der Waals surface area contributed by atoms with E-state index in [1.54, 1.807) is 0 Å². The molecule has 4 heteroatoms. The van der Waals surface area contributed by atoms with Gasteiger partial charge in [0, 0.05) is 13.0 Å². The van der Waals surface area contributed by atoms with E-state index in [-0.39, 0.29) is 18.2 Å². The fraction of sp³-hybridized carbons (Fsp3) is 0.278. The summed E-state index contributed by atoms with van der Waals surface area (Å²) in [6, 6.07) is 17.4. The molecule has 0 N–H and O–H groups in total. The highest BCUT2D eigenvalue weighted by Crippen LogP contribution is 2.21. The number of nitrogens with zero attached hydrogens (tertiary/aromatic N) is 1. The van der Waals surface area contributed by atoms with Gasteiger partial charge in [-0.3, -0.25) is 4.79 Å². The number of Topliss-reactive ketones (excluding diaryl/α,β-unsaturated/α-hetero) is 1. The minimum Gasteiger partial charge on any atom is -0.488 e. The van der Waals surface area contributed by atoms with Crippen molar-refractivity contribution in [3.63, 3.8) is 0 Å². The SMILES string of the molecule is CN(C)CCC(=O)c1ccccc1OCc1ccccc1.Cl. The van der Waals surface area contributed by atoms with E-state index in [0.717, 1.165) is 12.1 Å². The summed E-state index contributed by atoms with van der Waals surface area (Å²) in [5.41, 5.74) is 1.75. The molecule has 0 aliphatic heterocycles. The van der Waals surface area contributed by atoms with Gasteiger partial charge in [0.2, 0.25) is 0 Å². The molecule has 0 aromatic heterocycles. The molecule has 2 aromatic rings. The third-order valence-electron chi connectivity index (χ3n) is 3.21. The summed E-state index contributed by atoms with van der Waals surface area (Å²) in [6.45, 7) is 1.21. The Bertz CT molecular complexity index is 585. The maximum Gasteiger partial charge on any atom is 0.167 e. The van der Waals surface area contributed by atoms with Crippen molar-refractivity contribution in [3.8, 4) is 5.75 Å². The molecule has 0 aliphatic rings. The Kier molecular flexibility index (Phi) is 7.64. The van der Waals surface area contributed by atoms with Gasteiger partial charge in [-0.2, -0.15) is 0 Å². The van der Waals surface area contributed by atoms with Crippen molar-refractivity contribution in [1.82, 2.24) is 4.90 Å². The van der Waals surface area contributed by atoms with Crippen LogP contribution in [0, 0.1) is 0 Å². The van der Waals surface area contributed by atoms with Crippen LogP contribution in [0.3, 0.4) is 0 Å². The van der Waals surface area contributed by atoms with Gasteiger partial charge in [-0.05, 0) is 31.8 Å². The van der Waals surface area contributed by atoms with E-state index in [4.69, 9.17) is 4.74 Å². The van der Waals surface area contributed by atoms with Gasteiger partial charge < -0.3 is 9.64 Å². The molecule has 0 atom stereocenters. The predicted molar refractivity (Wildman–Crippen MR) is 92.0 cm³/mol. The summed E-state index contributed by atoms with van der Waals surface area (Å²) in [6.07, 6.45) is 0.499. The number of rotatable bonds is 7. The van der Waals surface area contributed by atoms with Crippen LogP contribution in [0.1, 0.15) is 22.3 Å². The van der Waals surface area contributed by atoms with Crippen LogP contribution in [-0.4, -0.2) is 31.3 Å². The number of benzene rings is 2. The maximum absolute atomic E-state index is 12.3.